The third-order valence-corrected chi connectivity index (χ3v) is 3.95. The topological polar surface area (TPSA) is 29.1 Å². The molecule has 0 aliphatic carbocycles. The fourth-order valence-corrected chi connectivity index (χ4v) is 2.90. The quantitative estimate of drug-likeness (QED) is 0.738. The number of nitrogens with one attached hydrogen (secondary N) is 1. The van der Waals surface area contributed by atoms with Gasteiger partial charge in [-0.2, -0.15) is 0 Å². The second-order valence-corrected chi connectivity index (χ2v) is 5.41. The van der Waals surface area contributed by atoms with Crippen molar-refractivity contribution in [1.82, 2.24) is 0 Å². The lowest BCUT2D eigenvalue weighted by atomic mass is 10.1. The van der Waals surface area contributed by atoms with E-state index in [4.69, 9.17) is 0 Å². The smallest absolute Gasteiger partial charge is 0.266 e. The average Bonchev–Trinajstić information content (AvgIpc) is 2.98. The zero-order valence-electron chi connectivity index (χ0n) is 11.0. The Morgan fingerprint density at radius 1 is 1.00 bits per heavy atom. The Labute approximate surface area is 125 Å². The van der Waals surface area contributed by atoms with Crippen molar-refractivity contribution in [1.29, 1.82) is 0 Å². The first kappa shape index (κ1) is 13.5. The molecular weight excluding hydrogens is 285 g/mol. The Bertz CT molecular complexity index is 767. The van der Waals surface area contributed by atoms with Crippen molar-refractivity contribution in [3.63, 3.8) is 0 Å². The van der Waals surface area contributed by atoms with E-state index in [1.807, 2.05) is 41.8 Å². The summed E-state index contributed by atoms with van der Waals surface area (Å²) in [5.74, 6) is -0.600. The average molecular weight is 297 g/mol. The van der Waals surface area contributed by atoms with Gasteiger partial charge in [0.25, 0.3) is 5.91 Å². The van der Waals surface area contributed by atoms with Crippen molar-refractivity contribution in [2.24, 2.45) is 0 Å². The minimum Gasteiger partial charge on any atom is -0.321 e. The highest BCUT2D eigenvalue weighted by Gasteiger charge is 2.14. The number of rotatable bonds is 3. The van der Waals surface area contributed by atoms with E-state index in [0.717, 1.165) is 11.1 Å². The van der Waals surface area contributed by atoms with Gasteiger partial charge in [0.15, 0.2) is 0 Å². The molecule has 104 valence electrons. The molecule has 0 radical (unpaired) electrons. The summed E-state index contributed by atoms with van der Waals surface area (Å²) in [7, 11) is 0. The maximum atomic E-state index is 13.2. The number of amides is 1. The largest absolute Gasteiger partial charge is 0.321 e. The third kappa shape index (κ3) is 3.01. The highest BCUT2D eigenvalue weighted by molar-refractivity contribution is 7.12. The predicted molar refractivity (Wildman–Crippen MR) is 84.1 cm³/mol. The molecule has 2 aromatic carbocycles. The summed E-state index contributed by atoms with van der Waals surface area (Å²) >= 11 is 1.37. The van der Waals surface area contributed by atoms with Crippen LogP contribution < -0.4 is 5.32 Å². The van der Waals surface area contributed by atoms with Gasteiger partial charge in [-0.1, -0.05) is 36.4 Å². The van der Waals surface area contributed by atoms with Crippen molar-refractivity contribution in [2.45, 2.75) is 0 Å². The van der Waals surface area contributed by atoms with Crippen molar-refractivity contribution in [3.8, 4) is 11.1 Å². The number of anilines is 1. The lowest BCUT2D eigenvalue weighted by Crippen LogP contribution is -2.11. The minimum absolute atomic E-state index is 0.227. The standard InChI is InChI=1S/C17H12FNOS/c18-13-7-4-8-14(11-13)19-17(20)16-15(9-10-21-16)12-5-2-1-3-6-12/h1-11H,(H,19,20). The minimum atomic E-state index is -0.373. The van der Waals surface area contributed by atoms with Gasteiger partial charge in [0, 0.05) is 11.3 Å². The van der Waals surface area contributed by atoms with Crippen LogP contribution >= 0.6 is 11.3 Å². The van der Waals surface area contributed by atoms with Crippen LogP contribution in [0.2, 0.25) is 0 Å². The number of carbonyl (C=O) groups is 1. The first-order valence-corrected chi connectivity index (χ1v) is 7.32. The Hall–Kier alpha value is -2.46. The highest BCUT2D eigenvalue weighted by Crippen LogP contribution is 2.28. The van der Waals surface area contributed by atoms with Crippen LogP contribution in [0.5, 0.6) is 0 Å². The van der Waals surface area contributed by atoms with Crippen LogP contribution in [-0.2, 0) is 0 Å². The molecule has 1 heterocycles. The Morgan fingerprint density at radius 2 is 1.81 bits per heavy atom. The van der Waals surface area contributed by atoms with Crippen molar-refractivity contribution in [3.05, 3.63) is 76.7 Å². The molecule has 3 aromatic rings. The molecule has 4 heteroatoms. The molecule has 0 aliphatic rings. The molecule has 2 nitrogen and oxygen atoms in total. The van der Waals surface area contributed by atoms with Crippen molar-refractivity contribution >= 4 is 22.9 Å². The van der Waals surface area contributed by atoms with Gasteiger partial charge in [-0.3, -0.25) is 4.79 Å². The normalized spacial score (nSPS) is 10.3. The highest BCUT2D eigenvalue weighted by atomic mass is 32.1. The Balaban J connectivity index is 1.88. The number of carbonyl (C=O) groups excluding carboxylic acids is 1. The van der Waals surface area contributed by atoms with E-state index in [0.29, 0.717) is 10.6 Å². The van der Waals surface area contributed by atoms with Gasteiger partial charge in [-0.05, 0) is 35.2 Å². The molecule has 0 saturated heterocycles. The molecular formula is C17H12FNOS. The monoisotopic (exact) mass is 297 g/mol. The van der Waals surface area contributed by atoms with Crippen LogP contribution in [0.25, 0.3) is 11.1 Å². The van der Waals surface area contributed by atoms with Gasteiger partial charge in [-0.25, -0.2) is 4.39 Å². The zero-order chi connectivity index (χ0) is 14.7. The van der Waals surface area contributed by atoms with Gasteiger partial charge in [0.2, 0.25) is 0 Å². The lowest BCUT2D eigenvalue weighted by Gasteiger charge is -2.06. The molecule has 21 heavy (non-hydrogen) atoms. The van der Waals surface area contributed by atoms with E-state index >= 15 is 0 Å². The molecule has 0 spiro atoms. The molecule has 0 bridgehead atoms. The summed E-state index contributed by atoms with van der Waals surface area (Å²) in [6.45, 7) is 0. The summed E-state index contributed by atoms with van der Waals surface area (Å²) in [5.41, 5.74) is 2.32. The van der Waals surface area contributed by atoms with E-state index in [2.05, 4.69) is 5.32 Å². The van der Waals surface area contributed by atoms with E-state index in [1.165, 1.54) is 23.5 Å². The predicted octanol–water partition coefficient (Wildman–Crippen LogP) is 4.81. The van der Waals surface area contributed by atoms with Crippen LogP contribution in [0.1, 0.15) is 9.67 Å². The van der Waals surface area contributed by atoms with E-state index < -0.39 is 0 Å². The number of hydrogen-bond donors (Lipinski definition) is 1. The summed E-state index contributed by atoms with van der Waals surface area (Å²) in [6, 6.07) is 17.5. The summed E-state index contributed by atoms with van der Waals surface area (Å²) in [4.78, 5) is 13.0. The molecule has 3 rings (SSSR count). The molecule has 0 fully saturated rings. The molecule has 1 aromatic heterocycles. The van der Waals surface area contributed by atoms with Crippen LogP contribution in [0, 0.1) is 5.82 Å². The van der Waals surface area contributed by atoms with Gasteiger partial charge in [-0.15, -0.1) is 11.3 Å². The number of hydrogen-bond acceptors (Lipinski definition) is 2. The number of benzene rings is 2. The fourth-order valence-electron chi connectivity index (χ4n) is 2.08. The van der Waals surface area contributed by atoms with Gasteiger partial charge in [0.1, 0.15) is 5.82 Å². The number of halogens is 1. The second kappa shape index (κ2) is 5.89. The maximum absolute atomic E-state index is 13.2. The van der Waals surface area contributed by atoms with Crippen LogP contribution in [-0.4, -0.2) is 5.91 Å². The van der Waals surface area contributed by atoms with Gasteiger partial charge < -0.3 is 5.32 Å². The Kier molecular flexibility index (Phi) is 3.79. The van der Waals surface area contributed by atoms with Crippen molar-refractivity contribution < 1.29 is 9.18 Å². The number of thiophene rings is 1. The van der Waals surface area contributed by atoms with Crippen molar-refractivity contribution in [2.75, 3.05) is 5.32 Å². The summed E-state index contributed by atoms with van der Waals surface area (Å²) < 4.78 is 13.2. The first-order chi connectivity index (χ1) is 10.2. The second-order valence-electron chi connectivity index (χ2n) is 4.49. The first-order valence-electron chi connectivity index (χ1n) is 6.44. The summed E-state index contributed by atoms with van der Waals surface area (Å²) in [5, 5.41) is 4.60. The maximum Gasteiger partial charge on any atom is 0.266 e. The van der Waals surface area contributed by atoms with E-state index in [1.54, 1.807) is 12.1 Å². The molecule has 0 aliphatic heterocycles. The van der Waals surface area contributed by atoms with E-state index in [-0.39, 0.29) is 11.7 Å². The Morgan fingerprint density at radius 3 is 2.57 bits per heavy atom. The third-order valence-electron chi connectivity index (χ3n) is 3.04. The van der Waals surface area contributed by atoms with Gasteiger partial charge >= 0.3 is 0 Å². The molecule has 0 unspecified atom stereocenters. The fraction of sp³-hybridized carbons (Fsp3) is 0. The van der Waals surface area contributed by atoms with Crippen LogP contribution in [0.3, 0.4) is 0 Å². The molecule has 1 N–H and O–H groups in total. The van der Waals surface area contributed by atoms with E-state index in [9.17, 15) is 9.18 Å². The summed E-state index contributed by atoms with van der Waals surface area (Å²) in [6.07, 6.45) is 0. The zero-order valence-corrected chi connectivity index (χ0v) is 11.9. The lowest BCUT2D eigenvalue weighted by molar-refractivity contribution is 0.103. The van der Waals surface area contributed by atoms with Crippen LogP contribution in [0.15, 0.2) is 66.0 Å². The molecule has 0 saturated carbocycles. The SMILES string of the molecule is O=C(Nc1cccc(F)c1)c1sccc1-c1ccccc1. The molecule has 0 atom stereocenters. The molecule has 1 amide bonds. The van der Waals surface area contributed by atoms with Gasteiger partial charge in [0.05, 0.1) is 4.88 Å². The van der Waals surface area contributed by atoms with Crippen LogP contribution in [0.4, 0.5) is 10.1 Å².